The molecule has 0 bridgehead atoms. The standard InChI is InChI=1S/C24H22ClN5O/c25-19-11-18(13-26-14-19)17-5-8-22-21(12-17)23(29-28-22)24(31)27-20-6-3-16(4-7-20)15-30-9-1-2-10-30/h3-8,11-14H,1-2,9-10,15H2,(H,27,31)(H,28,29). The van der Waals surface area contributed by atoms with Gasteiger partial charge in [0.05, 0.1) is 10.5 Å². The van der Waals surface area contributed by atoms with Gasteiger partial charge in [0, 0.05) is 35.6 Å². The summed E-state index contributed by atoms with van der Waals surface area (Å²) in [7, 11) is 0. The van der Waals surface area contributed by atoms with Crippen LogP contribution >= 0.6 is 11.6 Å². The van der Waals surface area contributed by atoms with E-state index in [0.29, 0.717) is 10.7 Å². The third-order valence-electron chi connectivity index (χ3n) is 5.63. The lowest BCUT2D eigenvalue weighted by Crippen LogP contribution is -2.18. The second kappa shape index (κ2) is 8.49. The Kier molecular flexibility index (Phi) is 5.40. The molecule has 6 nitrogen and oxygen atoms in total. The third-order valence-corrected chi connectivity index (χ3v) is 5.84. The number of benzene rings is 2. The van der Waals surface area contributed by atoms with Gasteiger partial charge in [-0.1, -0.05) is 29.8 Å². The van der Waals surface area contributed by atoms with E-state index in [9.17, 15) is 4.79 Å². The number of fused-ring (bicyclic) bond motifs is 1. The number of aromatic nitrogens is 3. The largest absolute Gasteiger partial charge is 0.321 e. The molecular weight excluding hydrogens is 410 g/mol. The normalized spacial score (nSPS) is 14.2. The SMILES string of the molecule is O=C(Nc1ccc(CN2CCCC2)cc1)c1n[nH]c2ccc(-c3cncc(Cl)c3)cc12. The monoisotopic (exact) mass is 431 g/mol. The van der Waals surface area contributed by atoms with Crippen molar-refractivity contribution in [3.05, 3.63) is 77.2 Å². The van der Waals surface area contributed by atoms with Gasteiger partial charge in [-0.15, -0.1) is 0 Å². The van der Waals surface area contributed by atoms with Crippen LogP contribution in [0.3, 0.4) is 0 Å². The highest BCUT2D eigenvalue weighted by Crippen LogP contribution is 2.27. The molecule has 3 heterocycles. The number of halogens is 1. The summed E-state index contributed by atoms with van der Waals surface area (Å²) in [6, 6.07) is 15.7. The zero-order chi connectivity index (χ0) is 21.2. The van der Waals surface area contributed by atoms with Crippen molar-refractivity contribution in [2.24, 2.45) is 0 Å². The van der Waals surface area contributed by atoms with E-state index in [1.54, 1.807) is 12.4 Å². The number of carbonyl (C=O) groups excluding carboxylic acids is 1. The molecule has 2 aromatic carbocycles. The number of pyridine rings is 1. The molecule has 1 saturated heterocycles. The van der Waals surface area contributed by atoms with Gasteiger partial charge in [-0.25, -0.2) is 0 Å². The van der Waals surface area contributed by atoms with E-state index in [1.165, 1.54) is 18.4 Å². The fraction of sp³-hybridized carbons (Fsp3) is 0.208. The van der Waals surface area contributed by atoms with Crippen LogP contribution in [-0.4, -0.2) is 39.1 Å². The van der Waals surface area contributed by atoms with Crippen molar-refractivity contribution in [2.45, 2.75) is 19.4 Å². The summed E-state index contributed by atoms with van der Waals surface area (Å²) in [4.78, 5) is 19.5. The molecule has 0 radical (unpaired) electrons. The zero-order valence-electron chi connectivity index (χ0n) is 16.9. The first-order valence-corrected chi connectivity index (χ1v) is 10.8. The van der Waals surface area contributed by atoms with E-state index >= 15 is 0 Å². The highest BCUT2D eigenvalue weighted by molar-refractivity contribution is 6.30. The maximum atomic E-state index is 12.9. The Hall–Kier alpha value is -3.22. The fourth-order valence-corrected chi connectivity index (χ4v) is 4.19. The summed E-state index contributed by atoms with van der Waals surface area (Å²) in [6.07, 6.45) is 5.90. The van der Waals surface area contributed by atoms with E-state index in [-0.39, 0.29) is 5.91 Å². The average Bonchev–Trinajstić information content (AvgIpc) is 3.44. The van der Waals surface area contributed by atoms with Gasteiger partial charge in [0.25, 0.3) is 5.91 Å². The van der Waals surface area contributed by atoms with Crippen molar-refractivity contribution in [2.75, 3.05) is 18.4 Å². The minimum Gasteiger partial charge on any atom is -0.321 e. The van der Waals surface area contributed by atoms with Crippen molar-refractivity contribution in [3.8, 4) is 11.1 Å². The van der Waals surface area contributed by atoms with E-state index < -0.39 is 0 Å². The highest BCUT2D eigenvalue weighted by atomic mass is 35.5. The molecule has 0 saturated carbocycles. The van der Waals surface area contributed by atoms with Crippen LogP contribution in [0.15, 0.2) is 60.9 Å². The summed E-state index contributed by atoms with van der Waals surface area (Å²) in [5, 5.41) is 11.5. The minimum atomic E-state index is -0.250. The number of likely N-dealkylation sites (tertiary alicyclic amines) is 1. The molecule has 31 heavy (non-hydrogen) atoms. The molecule has 2 N–H and O–H groups in total. The lowest BCUT2D eigenvalue weighted by molar-refractivity contribution is 0.102. The van der Waals surface area contributed by atoms with Crippen molar-refractivity contribution in [3.63, 3.8) is 0 Å². The first-order valence-electron chi connectivity index (χ1n) is 10.4. The quantitative estimate of drug-likeness (QED) is 0.459. The van der Waals surface area contributed by atoms with Gasteiger partial charge in [0.1, 0.15) is 0 Å². The molecule has 1 aliphatic rings. The predicted octanol–water partition coefficient (Wildman–Crippen LogP) is 5.13. The van der Waals surface area contributed by atoms with Gasteiger partial charge in [0.15, 0.2) is 5.69 Å². The summed E-state index contributed by atoms with van der Waals surface area (Å²) in [6.45, 7) is 3.29. The molecular formula is C24H22ClN5O. The molecule has 1 fully saturated rings. The minimum absolute atomic E-state index is 0.250. The molecule has 5 rings (SSSR count). The Morgan fingerprint density at radius 3 is 2.61 bits per heavy atom. The van der Waals surface area contributed by atoms with E-state index in [1.807, 2.05) is 36.4 Å². The Bertz CT molecular complexity index is 1230. The van der Waals surface area contributed by atoms with Crippen LogP contribution in [0.2, 0.25) is 5.02 Å². The van der Waals surface area contributed by atoms with E-state index in [2.05, 4.69) is 37.5 Å². The summed E-state index contributed by atoms with van der Waals surface area (Å²) in [5.41, 5.74) is 4.96. The Morgan fingerprint density at radius 1 is 1.03 bits per heavy atom. The van der Waals surface area contributed by atoms with Crippen LogP contribution in [0, 0.1) is 0 Å². The molecule has 156 valence electrons. The molecule has 0 aliphatic carbocycles. The molecule has 0 unspecified atom stereocenters. The molecule has 0 spiro atoms. The number of anilines is 1. The molecule has 0 atom stereocenters. The van der Waals surface area contributed by atoms with Crippen LogP contribution in [0.25, 0.3) is 22.0 Å². The number of H-pyrrole nitrogens is 1. The summed E-state index contributed by atoms with van der Waals surface area (Å²) < 4.78 is 0. The molecule has 7 heteroatoms. The first kappa shape index (κ1) is 19.7. The van der Waals surface area contributed by atoms with Gasteiger partial charge in [-0.3, -0.25) is 19.8 Å². The Balaban J connectivity index is 1.35. The number of rotatable bonds is 5. The Morgan fingerprint density at radius 2 is 1.84 bits per heavy atom. The van der Waals surface area contributed by atoms with Crippen LogP contribution in [0.4, 0.5) is 5.69 Å². The smallest absolute Gasteiger partial charge is 0.276 e. The van der Waals surface area contributed by atoms with Gasteiger partial charge in [-0.2, -0.15) is 5.10 Å². The average molecular weight is 432 g/mol. The molecule has 4 aromatic rings. The zero-order valence-corrected chi connectivity index (χ0v) is 17.7. The van der Waals surface area contributed by atoms with Crippen LogP contribution < -0.4 is 5.32 Å². The van der Waals surface area contributed by atoms with Crippen LogP contribution in [-0.2, 0) is 6.54 Å². The number of carbonyl (C=O) groups is 1. The van der Waals surface area contributed by atoms with Crippen molar-refractivity contribution >= 4 is 34.1 Å². The topological polar surface area (TPSA) is 73.9 Å². The highest BCUT2D eigenvalue weighted by Gasteiger charge is 2.16. The molecule has 2 aromatic heterocycles. The molecule has 1 amide bonds. The number of hydrogen-bond donors (Lipinski definition) is 2. The van der Waals surface area contributed by atoms with Crippen molar-refractivity contribution in [1.29, 1.82) is 0 Å². The van der Waals surface area contributed by atoms with Gasteiger partial charge < -0.3 is 5.32 Å². The van der Waals surface area contributed by atoms with Crippen LogP contribution in [0.5, 0.6) is 0 Å². The van der Waals surface area contributed by atoms with Gasteiger partial charge >= 0.3 is 0 Å². The maximum Gasteiger partial charge on any atom is 0.276 e. The number of hydrogen-bond acceptors (Lipinski definition) is 4. The molecule has 1 aliphatic heterocycles. The fourth-order valence-electron chi connectivity index (χ4n) is 4.02. The lowest BCUT2D eigenvalue weighted by Gasteiger charge is -2.14. The van der Waals surface area contributed by atoms with Crippen molar-refractivity contribution in [1.82, 2.24) is 20.1 Å². The first-order chi connectivity index (χ1) is 15.2. The van der Waals surface area contributed by atoms with E-state index in [4.69, 9.17) is 11.6 Å². The maximum absolute atomic E-state index is 12.9. The van der Waals surface area contributed by atoms with Gasteiger partial charge in [-0.05, 0) is 67.4 Å². The van der Waals surface area contributed by atoms with Crippen LogP contribution in [0.1, 0.15) is 28.9 Å². The lowest BCUT2D eigenvalue weighted by atomic mass is 10.0. The van der Waals surface area contributed by atoms with E-state index in [0.717, 1.165) is 47.4 Å². The number of amides is 1. The van der Waals surface area contributed by atoms with Crippen molar-refractivity contribution < 1.29 is 4.79 Å². The summed E-state index contributed by atoms with van der Waals surface area (Å²) >= 11 is 6.07. The number of aromatic amines is 1. The number of nitrogens with one attached hydrogen (secondary N) is 2. The Labute approximate surface area is 185 Å². The summed E-state index contributed by atoms with van der Waals surface area (Å²) in [5.74, 6) is -0.250. The third kappa shape index (κ3) is 4.31. The second-order valence-electron chi connectivity index (χ2n) is 7.86. The number of nitrogens with zero attached hydrogens (tertiary/aromatic N) is 3. The van der Waals surface area contributed by atoms with Gasteiger partial charge in [0.2, 0.25) is 0 Å². The predicted molar refractivity (Wildman–Crippen MR) is 123 cm³/mol. The second-order valence-corrected chi connectivity index (χ2v) is 8.30.